The van der Waals surface area contributed by atoms with E-state index < -0.39 is 0 Å². The molecule has 0 fully saturated rings. The molecule has 0 aliphatic rings. The fraction of sp³-hybridized carbons (Fsp3) is 0.364. The number of rotatable bonds is 5. The number of ether oxygens (including phenoxy) is 1. The van der Waals surface area contributed by atoms with E-state index in [2.05, 4.69) is 22.0 Å². The Labute approximate surface area is 103 Å². The molecule has 0 saturated heterocycles. The van der Waals surface area contributed by atoms with Gasteiger partial charge >= 0.3 is 0 Å². The molecule has 0 heterocycles. The van der Waals surface area contributed by atoms with Crippen molar-refractivity contribution in [3.05, 3.63) is 28.8 Å². The van der Waals surface area contributed by atoms with Crippen LogP contribution in [0.1, 0.15) is 18.4 Å². The molecule has 0 N–H and O–H groups in total. The van der Waals surface area contributed by atoms with Gasteiger partial charge in [0.1, 0.15) is 5.75 Å². The van der Waals surface area contributed by atoms with E-state index in [0.29, 0.717) is 23.4 Å². The highest BCUT2D eigenvalue weighted by atomic mass is 79.9. The standard InChI is InChI=1S/C11H11BrClNO/c12-8-9-7-10(13)3-4-11(9)15-6-2-1-5-14/h3-4,7H,1-2,6,8H2. The summed E-state index contributed by atoms with van der Waals surface area (Å²) in [6, 6.07) is 7.60. The Morgan fingerprint density at radius 3 is 2.93 bits per heavy atom. The van der Waals surface area contributed by atoms with Crippen LogP contribution in [0.4, 0.5) is 0 Å². The molecule has 0 aromatic heterocycles. The molecule has 1 aromatic rings. The summed E-state index contributed by atoms with van der Waals surface area (Å²) >= 11 is 9.23. The molecule has 0 aliphatic carbocycles. The summed E-state index contributed by atoms with van der Waals surface area (Å²) in [5, 5.41) is 9.78. The molecule has 0 atom stereocenters. The number of alkyl halides is 1. The Hall–Kier alpha value is -0.720. The molecule has 0 aliphatic heterocycles. The van der Waals surface area contributed by atoms with Crippen LogP contribution in [0.2, 0.25) is 5.02 Å². The van der Waals surface area contributed by atoms with Crippen LogP contribution in [0, 0.1) is 11.3 Å². The van der Waals surface area contributed by atoms with Crippen LogP contribution in [0.5, 0.6) is 5.75 Å². The summed E-state index contributed by atoms with van der Waals surface area (Å²) < 4.78 is 5.55. The second kappa shape index (κ2) is 6.71. The van der Waals surface area contributed by atoms with E-state index in [1.807, 2.05) is 12.1 Å². The minimum atomic E-state index is 0.525. The van der Waals surface area contributed by atoms with Gasteiger partial charge in [-0.15, -0.1) is 0 Å². The lowest BCUT2D eigenvalue weighted by molar-refractivity contribution is 0.310. The van der Waals surface area contributed by atoms with Crippen molar-refractivity contribution in [2.75, 3.05) is 6.61 Å². The van der Waals surface area contributed by atoms with Gasteiger partial charge in [-0.3, -0.25) is 0 Å². The Kier molecular flexibility index (Phi) is 5.52. The van der Waals surface area contributed by atoms with Gasteiger partial charge in [0, 0.05) is 22.3 Å². The van der Waals surface area contributed by atoms with E-state index in [1.165, 1.54) is 0 Å². The van der Waals surface area contributed by atoms with Crippen LogP contribution >= 0.6 is 27.5 Å². The van der Waals surface area contributed by atoms with Gasteiger partial charge in [0.25, 0.3) is 0 Å². The molecular weight excluding hydrogens is 277 g/mol. The summed E-state index contributed by atoms with van der Waals surface area (Å²) in [6.45, 7) is 0.565. The average molecular weight is 289 g/mol. The third-order valence-corrected chi connectivity index (χ3v) is 2.70. The smallest absolute Gasteiger partial charge is 0.123 e. The molecule has 0 amide bonds. The van der Waals surface area contributed by atoms with Crippen LogP contribution in [-0.2, 0) is 5.33 Å². The number of hydrogen-bond donors (Lipinski definition) is 0. The third kappa shape index (κ3) is 4.11. The van der Waals surface area contributed by atoms with Crippen LogP contribution in [-0.4, -0.2) is 6.61 Å². The van der Waals surface area contributed by atoms with Gasteiger partial charge in [0.05, 0.1) is 12.7 Å². The summed E-state index contributed by atoms with van der Waals surface area (Å²) in [5.41, 5.74) is 1.03. The second-order valence-electron chi connectivity index (χ2n) is 3.00. The number of hydrogen-bond acceptors (Lipinski definition) is 2. The number of halogens is 2. The van der Waals surface area contributed by atoms with Crippen LogP contribution in [0.15, 0.2) is 18.2 Å². The van der Waals surface area contributed by atoms with Gasteiger partial charge < -0.3 is 4.74 Å². The predicted molar refractivity (Wildman–Crippen MR) is 64.4 cm³/mol. The molecule has 0 spiro atoms. The average Bonchev–Trinajstić information content (AvgIpc) is 2.26. The molecule has 1 aromatic carbocycles. The van der Waals surface area contributed by atoms with Gasteiger partial charge in [0.2, 0.25) is 0 Å². The molecule has 80 valence electrons. The lowest BCUT2D eigenvalue weighted by Crippen LogP contribution is -1.99. The zero-order valence-corrected chi connectivity index (χ0v) is 10.5. The minimum absolute atomic E-state index is 0.525. The van der Waals surface area contributed by atoms with E-state index in [-0.39, 0.29) is 0 Å². The van der Waals surface area contributed by atoms with Crippen molar-refractivity contribution in [3.63, 3.8) is 0 Å². The second-order valence-corrected chi connectivity index (χ2v) is 3.99. The molecule has 2 nitrogen and oxygen atoms in total. The zero-order valence-electron chi connectivity index (χ0n) is 8.17. The molecule has 4 heteroatoms. The van der Waals surface area contributed by atoms with Crippen molar-refractivity contribution in [3.8, 4) is 11.8 Å². The summed E-state index contributed by atoms with van der Waals surface area (Å²) in [4.78, 5) is 0. The SMILES string of the molecule is N#CCCCOc1ccc(Cl)cc1CBr. The lowest BCUT2D eigenvalue weighted by atomic mass is 10.2. The maximum absolute atomic E-state index is 8.37. The first kappa shape index (κ1) is 12.4. The lowest BCUT2D eigenvalue weighted by Gasteiger charge is -2.09. The number of benzene rings is 1. The third-order valence-electron chi connectivity index (χ3n) is 1.86. The molecule has 0 unspecified atom stereocenters. The van der Waals surface area contributed by atoms with Crippen molar-refractivity contribution in [1.82, 2.24) is 0 Å². The van der Waals surface area contributed by atoms with Gasteiger partial charge in [-0.2, -0.15) is 5.26 Å². The molecule has 0 bridgehead atoms. The van der Waals surface area contributed by atoms with Crippen LogP contribution in [0.25, 0.3) is 0 Å². The van der Waals surface area contributed by atoms with Crippen molar-refractivity contribution in [2.45, 2.75) is 18.2 Å². The maximum atomic E-state index is 8.37. The fourth-order valence-electron chi connectivity index (χ4n) is 1.13. The van der Waals surface area contributed by atoms with E-state index in [1.54, 1.807) is 6.07 Å². The maximum Gasteiger partial charge on any atom is 0.123 e. The Morgan fingerprint density at radius 1 is 1.47 bits per heavy atom. The van der Waals surface area contributed by atoms with E-state index in [9.17, 15) is 0 Å². The normalized spacial score (nSPS) is 9.67. The highest BCUT2D eigenvalue weighted by Crippen LogP contribution is 2.25. The van der Waals surface area contributed by atoms with E-state index in [0.717, 1.165) is 17.7 Å². The first-order chi connectivity index (χ1) is 7.27. The van der Waals surface area contributed by atoms with E-state index in [4.69, 9.17) is 21.6 Å². The Bertz CT molecular complexity index is 362. The van der Waals surface area contributed by atoms with Crippen molar-refractivity contribution >= 4 is 27.5 Å². The first-order valence-corrected chi connectivity index (χ1v) is 6.12. The molecule has 0 saturated carbocycles. The van der Waals surface area contributed by atoms with Gasteiger partial charge in [-0.05, 0) is 24.6 Å². The monoisotopic (exact) mass is 287 g/mol. The largest absolute Gasteiger partial charge is 0.493 e. The number of nitrogens with zero attached hydrogens (tertiary/aromatic N) is 1. The first-order valence-electron chi connectivity index (χ1n) is 4.62. The number of nitriles is 1. The van der Waals surface area contributed by atoms with Crippen molar-refractivity contribution in [1.29, 1.82) is 5.26 Å². The highest BCUT2D eigenvalue weighted by Gasteiger charge is 2.03. The van der Waals surface area contributed by atoms with E-state index >= 15 is 0 Å². The molecule has 0 radical (unpaired) electrons. The minimum Gasteiger partial charge on any atom is -0.493 e. The summed E-state index contributed by atoms with van der Waals surface area (Å²) in [7, 11) is 0. The topological polar surface area (TPSA) is 33.0 Å². The predicted octanol–water partition coefficient (Wildman–Crippen LogP) is 3.92. The fourth-order valence-corrected chi connectivity index (χ4v) is 1.76. The Balaban J connectivity index is 2.57. The molecule has 1 rings (SSSR count). The Morgan fingerprint density at radius 2 is 2.27 bits per heavy atom. The zero-order chi connectivity index (χ0) is 11.1. The van der Waals surface area contributed by atoms with Crippen molar-refractivity contribution < 1.29 is 4.74 Å². The van der Waals surface area contributed by atoms with Crippen molar-refractivity contribution in [2.24, 2.45) is 0 Å². The van der Waals surface area contributed by atoms with Crippen LogP contribution < -0.4 is 4.74 Å². The summed E-state index contributed by atoms with van der Waals surface area (Å²) in [5.74, 6) is 0.828. The van der Waals surface area contributed by atoms with Gasteiger partial charge in [-0.25, -0.2) is 0 Å². The van der Waals surface area contributed by atoms with Gasteiger partial charge in [-0.1, -0.05) is 27.5 Å². The summed E-state index contributed by atoms with van der Waals surface area (Å²) in [6.07, 6.45) is 1.28. The molecule has 15 heavy (non-hydrogen) atoms. The molecular formula is C11H11BrClNO. The highest BCUT2D eigenvalue weighted by molar-refractivity contribution is 9.08. The van der Waals surface area contributed by atoms with Crippen LogP contribution in [0.3, 0.4) is 0 Å². The van der Waals surface area contributed by atoms with Gasteiger partial charge in [0.15, 0.2) is 0 Å². The number of unbranched alkanes of at least 4 members (excludes halogenated alkanes) is 1. The quantitative estimate of drug-likeness (QED) is 0.608.